The van der Waals surface area contributed by atoms with Gasteiger partial charge in [-0.3, -0.25) is 0 Å². The Hall–Kier alpha value is -2.40. The van der Waals surface area contributed by atoms with Gasteiger partial charge >= 0.3 is 0 Å². The van der Waals surface area contributed by atoms with Crippen LogP contribution >= 0.6 is 15.9 Å². The number of nitrogens with one attached hydrogen (secondary N) is 2. The second-order valence-electron chi connectivity index (χ2n) is 5.57. The lowest BCUT2D eigenvalue weighted by atomic mass is 10.1. The van der Waals surface area contributed by atoms with Crippen molar-refractivity contribution in [3.05, 3.63) is 76.0 Å². The summed E-state index contributed by atoms with van der Waals surface area (Å²) in [6.45, 7) is 4.74. The summed E-state index contributed by atoms with van der Waals surface area (Å²) in [7, 11) is 0. The van der Waals surface area contributed by atoms with Crippen molar-refractivity contribution >= 4 is 33.3 Å². The van der Waals surface area contributed by atoms with E-state index in [1.165, 1.54) is 11.1 Å². The first-order valence-corrected chi connectivity index (χ1v) is 8.57. The van der Waals surface area contributed by atoms with Crippen molar-refractivity contribution in [3.63, 3.8) is 0 Å². The molecule has 0 radical (unpaired) electrons. The Kier molecular flexibility index (Phi) is 5.11. The highest BCUT2D eigenvalue weighted by atomic mass is 79.9. The lowest BCUT2D eigenvalue weighted by Gasteiger charge is -2.12. The maximum atomic E-state index is 4.47. The molecule has 0 bridgehead atoms. The van der Waals surface area contributed by atoms with Gasteiger partial charge in [-0.2, -0.15) is 0 Å². The number of rotatable bonds is 5. The van der Waals surface area contributed by atoms with Crippen LogP contribution < -0.4 is 10.6 Å². The molecule has 0 amide bonds. The van der Waals surface area contributed by atoms with Gasteiger partial charge in [0.05, 0.1) is 5.69 Å². The van der Waals surface area contributed by atoms with E-state index < -0.39 is 0 Å². The van der Waals surface area contributed by atoms with Crippen LogP contribution in [0.2, 0.25) is 0 Å². The average molecular weight is 383 g/mol. The number of benzene rings is 2. The molecule has 3 aromatic rings. The number of aromatic nitrogens is 2. The van der Waals surface area contributed by atoms with Crippen LogP contribution in [0, 0.1) is 13.8 Å². The summed E-state index contributed by atoms with van der Waals surface area (Å²) in [6, 6.07) is 18.2. The summed E-state index contributed by atoms with van der Waals surface area (Å²) in [4.78, 5) is 8.93. The second kappa shape index (κ2) is 7.45. The summed E-state index contributed by atoms with van der Waals surface area (Å²) in [5, 5.41) is 6.71. The Balaban J connectivity index is 1.77. The molecule has 0 saturated heterocycles. The van der Waals surface area contributed by atoms with E-state index in [4.69, 9.17) is 0 Å². The fourth-order valence-corrected chi connectivity index (χ4v) is 2.80. The Morgan fingerprint density at radius 1 is 0.917 bits per heavy atom. The van der Waals surface area contributed by atoms with Gasteiger partial charge < -0.3 is 10.6 Å². The molecule has 0 spiro atoms. The number of hydrogen-bond acceptors (Lipinski definition) is 4. The monoisotopic (exact) mass is 382 g/mol. The average Bonchev–Trinajstić information content (AvgIpc) is 2.56. The smallest absolute Gasteiger partial charge is 0.136 e. The van der Waals surface area contributed by atoms with Gasteiger partial charge in [-0.05, 0) is 53.0 Å². The predicted octanol–water partition coefficient (Wildman–Crippen LogP) is 5.21. The topological polar surface area (TPSA) is 49.8 Å². The van der Waals surface area contributed by atoms with E-state index in [0.717, 1.165) is 34.2 Å². The fourth-order valence-electron chi connectivity index (χ4n) is 2.42. The molecule has 0 saturated carbocycles. The van der Waals surface area contributed by atoms with Crippen LogP contribution in [0.25, 0.3) is 0 Å². The van der Waals surface area contributed by atoms with Gasteiger partial charge in [0.25, 0.3) is 0 Å². The molecule has 122 valence electrons. The molecule has 5 heteroatoms. The summed E-state index contributed by atoms with van der Waals surface area (Å²) < 4.78 is 0.996. The highest BCUT2D eigenvalue weighted by Crippen LogP contribution is 2.25. The van der Waals surface area contributed by atoms with Crippen molar-refractivity contribution in [3.8, 4) is 0 Å². The van der Waals surface area contributed by atoms with Gasteiger partial charge in [-0.1, -0.05) is 36.4 Å². The zero-order valence-corrected chi connectivity index (χ0v) is 15.3. The molecule has 0 aliphatic rings. The summed E-state index contributed by atoms with van der Waals surface area (Å²) >= 11 is 3.54. The highest BCUT2D eigenvalue weighted by Gasteiger charge is 2.05. The normalized spacial score (nSPS) is 10.5. The number of hydrogen-bond donors (Lipinski definition) is 2. The molecule has 4 nitrogen and oxygen atoms in total. The molecule has 3 rings (SSSR count). The number of anilines is 3. The number of nitrogens with zero attached hydrogens (tertiary/aromatic N) is 2. The molecule has 0 aliphatic heterocycles. The molecule has 0 fully saturated rings. The Labute approximate surface area is 150 Å². The summed E-state index contributed by atoms with van der Waals surface area (Å²) in [5.41, 5.74) is 3.50. The van der Waals surface area contributed by atoms with Crippen LogP contribution in [-0.4, -0.2) is 9.97 Å². The minimum atomic E-state index is 0.722. The molecule has 2 aromatic carbocycles. The van der Waals surface area contributed by atoms with Gasteiger partial charge in [-0.25, -0.2) is 9.97 Å². The second-order valence-corrected chi connectivity index (χ2v) is 6.42. The molecule has 1 aromatic heterocycles. The minimum absolute atomic E-state index is 0.722. The predicted molar refractivity (Wildman–Crippen MR) is 103 cm³/mol. The van der Waals surface area contributed by atoms with Crippen molar-refractivity contribution in [2.75, 3.05) is 10.6 Å². The van der Waals surface area contributed by atoms with E-state index in [0.29, 0.717) is 0 Å². The van der Waals surface area contributed by atoms with Crippen molar-refractivity contribution in [2.45, 2.75) is 20.4 Å². The SMILES string of the molecule is Cc1nc(NCc2ccccc2C)cc(Nc2ccccc2Br)n1. The van der Waals surface area contributed by atoms with Crippen molar-refractivity contribution in [1.29, 1.82) is 0 Å². The summed E-state index contributed by atoms with van der Waals surface area (Å²) in [6.07, 6.45) is 0. The fraction of sp³-hybridized carbons (Fsp3) is 0.158. The molecular formula is C19H19BrN4. The molecule has 24 heavy (non-hydrogen) atoms. The van der Waals surface area contributed by atoms with Gasteiger partial charge in [-0.15, -0.1) is 0 Å². The number of halogens is 1. The van der Waals surface area contributed by atoms with Crippen LogP contribution in [0.15, 0.2) is 59.1 Å². The third kappa shape index (κ3) is 4.11. The van der Waals surface area contributed by atoms with Crippen molar-refractivity contribution in [2.24, 2.45) is 0 Å². The first-order valence-electron chi connectivity index (χ1n) is 7.77. The zero-order valence-electron chi connectivity index (χ0n) is 13.7. The largest absolute Gasteiger partial charge is 0.366 e. The standard InChI is InChI=1S/C19H19BrN4/c1-13-7-3-4-8-15(13)12-21-18-11-19(23-14(2)22-18)24-17-10-6-5-9-16(17)20/h3-11H,12H2,1-2H3,(H2,21,22,23,24). The first kappa shape index (κ1) is 16.5. The van der Waals surface area contributed by atoms with E-state index in [1.54, 1.807) is 0 Å². The summed E-state index contributed by atoms with van der Waals surface area (Å²) in [5.74, 6) is 2.29. The van der Waals surface area contributed by atoms with E-state index in [1.807, 2.05) is 43.3 Å². The van der Waals surface area contributed by atoms with Crippen LogP contribution in [-0.2, 0) is 6.54 Å². The van der Waals surface area contributed by atoms with Crippen LogP contribution in [0.5, 0.6) is 0 Å². The molecule has 1 heterocycles. The van der Waals surface area contributed by atoms with Crippen LogP contribution in [0.1, 0.15) is 17.0 Å². The van der Waals surface area contributed by atoms with Crippen molar-refractivity contribution in [1.82, 2.24) is 9.97 Å². The van der Waals surface area contributed by atoms with Gasteiger partial charge in [0, 0.05) is 17.1 Å². The minimum Gasteiger partial charge on any atom is -0.366 e. The van der Waals surface area contributed by atoms with E-state index in [2.05, 4.69) is 61.7 Å². The Bertz CT molecular complexity index is 848. The quantitative estimate of drug-likeness (QED) is 0.635. The van der Waals surface area contributed by atoms with Gasteiger partial charge in [0.1, 0.15) is 17.5 Å². The lowest BCUT2D eigenvalue weighted by molar-refractivity contribution is 1.02. The van der Waals surface area contributed by atoms with Gasteiger partial charge in [0.2, 0.25) is 0 Å². The van der Waals surface area contributed by atoms with Gasteiger partial charge in [0.15, 0.2) is 0 Å². The highest BCUT2D eigenvalue weighted by molar-refractivity contribution is 9.10. The van der Waals surface area contributed by atoms with E-state index in [9.17, 15) is 0 Å². The lowest BCUT2D eigenvalue weighted by Crippen LogP contribution is -2.06. The molecule has 0 atom stereocenters. The molecular weight excluding hydrogens is 364 g/mol. The van der Waals surface area contributed by atoms with Crippen LogP contribution in [0.3, 0.4) is 0 Å². The molecule has 2 N–H and O–H groups in total. The first-order chi connectivity index (χ1) is 11.6. The Morgan fingerprint density at radius 2 is 1.62 bits per heavy atom. The third-order valence-electron chi connectivity index (χ3n) is 3.70. The molecule has 0 aliphatic carbocycles. The van der Waals surface area contributed by atoms with E-state index >= 15 is 0 Å². The zero-order chi connectivity index (χ0) is 16.9. The van der Waals surface area contributed by atoms with E-state index in [-0.39, 0.29) is 0 Å². The maximum Gasteiger partial charge on any atom is 0.136 e. The number of para-hydroxylation sites is 1. The maximum absolute atomic E-state index is 4.47. The van der Waals surface area contributed by atoms with Crippen LogP contribution in [0.4, 0.5) is 17.3 Å². The number of aryl methyl sites for hydroxylation is 2. The molecule has 0 unspecified atom stereocenters. The Morgan fingerprint density at radius 3 is 2.42 bits per heavy atom. The third-order valence-corrected chi connectivity index (χ3v) is 4.39. The van der Waals surface area contributed by atoms with Crippen molar-refractivity contribution < 1.29 is 0 Å².